The van der Waals surface area contributed by atoms with E-state index in [1.165, 1.54) is 0 Å². The Morgan fingerprint density at radius 1 is 1.27 bits per heavy atom. The van der Waals surface area contributed by atoms with Gasteiger partial charge in [-0.3, -0.25) is 0 Å². The van der Waals surface area contributed by atoms with Crippen molar-refractivity contribution in [3.63, 3.8) is 0 Å². The Bertz CT molecular complexity index is 289. The highest BCUT2D eigenvalue weighted by molar-refractivity contribution is 5.82. The molecule has 86 valence electrons. The minimum atomic E-state index is -1.22. The monoisotopic (exact) mass is 212 g/mol. The van der Waals surface area contributed by atoms with Gasteiger partial charge in [-0.25, -0.2) is 4.79 Å². The number of hydrogen-bond donors (Lipinski definition) is 1. The summed E-state index contributed by atoms with van der Waals surface area (Å²) in [5.74, 6) is 0.799. The van der Waals surface area contributed by atoms with Crippen LogP contribution in [0.25, 0.3) is 0 Å². The average Bonchev–Trinajstić information content (AvgIpc) is 2.34. The Labute approximate surface area is 90.8 Å². The summed E-state index contributed by atoms with van der Waals surface area (Å²) < 4.78 is 5.19. The fourth-order valence-electron chi connectivity index (χ4n) is 3.47. The van der Waals surface area contributed by atoms with Crippen molar-refractivity contribution < 1.29 is 14.6 Å². The van der Waals surface area contributed by atoms with Gasteiger partial charge >= 0.3 is 5.97 Å². The number of fused-ring (bicyclic) bond motifs is 1. The number of aliphatic hydroxyl groups is 1. The minimum Gasteiger partial charge on any atom is -0.460 e. The van der Waals surface area contributed by atoms with Crippen molar-refractivity contribution in [1.29, 1.82) is 0 Å². The molecule has 0 spiro atoms. The highest BCUT2D eigenvalue weighted by Gasteiger charge is 2.60. The van der Waals surface area contributed by atoms with Gasteiger partial charge in [0.25, 0.3) is 0 Å². The maximum Gasteiger partial charge on any atom is 0.338 e. The topological polar surface area (TPSA) is 46.5 Å². The van der Waals surface area contributed by atoms with E-state index in [4.69, 9.17) is 4.74 Å². The molecule has 1 saturated carbocycles. The van der Waals surface area contributed by atoms with Gasteiger partial charge in [0.15, 0.2) is 5.60 Å². The van der Waals surface area contributed by atoms with Crippen molar-refractivity contribution in [2.24, 2.45) is 23.7 Å². The third-order valence-corrected chi connectivity index (χ3v) is 4.63. The Morgan fingerprint density at radius 2 is 1.87 bits per heavy atom. The summed E-state index contributed by atoms with van der Waals surface area (Å²) in [7, 11) is 0. The molecular formula is C12H20O3. The zero-order valence-electron chi connectivity index (χ0n) is 9.86. The largest absolute Gasteiger partial charge is 0.460 e. The van der Waals surface area contributed by atoms with E-state index in [0.717, 1.165) is 0 Å². The zero-order chi connectivity index (χ0) is 11.4. The molecule has 1 saturated heterocycles. The van der Waals surface area contributed by atoms with Crippen molar-refractivity contribution in [1.82, 2.24) is 0 Å². The van der Waals surface area contributed by atoms with Gasteiger partial charge in [-0.05, 0) is 31.1 Å². The van der Waals surface area contributed by atoms with E-state index < -0.39 is 11.6 Å². The second kappa shape index (κ2) is 3.21. The first-order valence-corrected chi connectivity index (χ1v) is 5.81. The maximum absolute atomic E-state index is 11.7. The van der Waals surface area contributed by atoms with Crippen molar-refractivity contribution in [3.05, 3.63) is 0 Å². The summed E-state index contributed by atoms with van der Waals surface area (Å²) >= 11 is 0. The highest BCUT2D eigenvalue weighted by atomic mass is 16.6. The molecule has 0 aromatic carbocycles. The van der Waals surface area contributed by atoms with Gasteiger partial charge in [0.1, 0.15) is 6.10 Å². The summed E-state index contributed by atoms with van der Waals surface area (Å²) in [4.78, 5) is 11.7. The molecule has 1 aliphatic carbocycles. The molecular weight excluding hydrogens is 192 g/mol. The number of carbonyl (C=O) groups is 1. The van der Waals surface area contributed by atoms with Crippen molar-refractivity contribution >= 4 is 5.97 Å². The van der Waals surface area contributed by atoms with Crippen LogP contribution in [0.5, 0.6) is 0 Å². The van der Waals surface area contributed by atoms with Crippen LogP contribution < -0.4 is 0 Å². The Kier molecular flexibility index (Phi) is 2.34. The Hall–Kier alpha value is -0.570. The van der Waals surface area contributed by atoms with E-state index in [2.05, 4.69) is 20.8 Å². The molecule has 0 bridgehead atoms. The summed E-state index contributed by atoms with van der Waals surface area (Å²) in [5, 5.41) is 10.4. The fourth-order valence-corrected chi connectivity index (χ4v) is 3.47. The molecule has 0 amide bonds. The van der Waals surface area contributed by atoms with Crippen LogP contribution in [0.1, 0.15) is 34.1 Å². The van der Waals surface area contributed by atoms with E-state index in [0.29, 0.717) is 24.2 Å². The fraction of sp³-hybridized carbons (Fsp3) is 0.917. The van der Waals surface area contributed by atoms with Gasteiger partial charge < -0.3 is 9.84 Å². The molecule has 2 rings (SSSR count). The minimum absolute atomic E-state index is 0.0313. The van der Waals surface area contributed by atoms with E-state index in [1.807, 2.05) is 6.92 Å². The van der Waals surface area contributed by atoms with Crippen molar-refractivity contribution in [2.75, 3.05) is 0 Å². The van der Waals surface area contributed by atoms with Gasteiger partial charge in [-0.15, -0.1) is 0 Å². The first kappa shape index (κ1) is 10.9. The molecule has 0 radical (unpaired) electrons. The third-order valence-electron chi connectivity index (χ3n) is 4.63. The smallest absolute Gasteiger partial charge is 0.338 e. The number of carbonyl (C=O) groups excluding carboxylic acids is 1. The normalized spacial score (nSPS) is 55.0. The van der Waals surface area contributed by atoms with Crippen LogP contribution in [0, 0.1) is 23.7 Å². The maximum atomic E-state index is 11.7. The van der Waals surface area contributed by atoms with Crippen LogP contribution >= 0.6 is 0 Å². The lowest BCUT2D eigenvalue weighted by atomic mass is 9.61. The molecule has 6 atom stereocenters. The molecule has 15 heavy (non-hydrogen) atoms. The van der Waals surface area contributed by atoms with E-state index in [9.17, 15) is 9.90 Å². The number of cyclic esters (lactones) is 1. The lowest BCUT2D eigenvalue weighted by molar-refractivity contribution is -0.161. The summed E-state index contributed by atoms with van der Waals surface area (Å²) in [6.45, 7) is 8.31. The van der Waals surface area contributed by atoms with E-state index >= 15 is 0 Å². The first-order valence-electron chi connectivity index (χ1n) is 5.81. The Morgan fingerprint density at radius 3 is 2.47 bits per heavy atom. The Balaban J connectivity index is 2.36. The van der Waals surface area contributed by atoms with Gasteiger partial charge in [0.05, 0.1) is 0 Å². The quantitative estimate of drug-likeness (QED) is 0.620. The average molecular weight is 212 g/mol. The summed E-state index contributed by atoms with van der Waals surface area (Å²) in [5.41, 5.74) is -1.22. The highest BCUT2D eigenvalue weighted by Crippen LogP contribution is 2.50. The zero-order valence-corrected chi connectivity index (χ0v) is 9.86. The van der Waals surface area contributed by atoms with Crippen LogP contribution in [-0.4, -0.2) is 22.8 Å². The number of esters is 1. The lowest BCUT2D eigenvalue weighted by Crippen LogP contribution is -2.52. The number of ether oxygens (including phenoxy) is 1. The molecule has 1 heterocycles. The SMILES string of the molecule is CC1[C@@H](C)C[C@@]2(O)C(=O)O[C@H](C)[C@H]2[C@H]1C. The predicted octanol–water partition coefficient (Wildman–Crippen LogP) is 1.59. The van der Waals surface area contributed by atoms with Gasteiger partial charge in [-0.1, -0.05) is 20.8 Å². The summed E-state index contributed by atoms with van der Waals surface area (Å²) in [6.07, 6.45) is 0.402. The third kappa shape index (κ3) is 1.32. The van der Waals surface area contributed by atoms with E-state index in [1.54, 1.807) is 0 Å². The molecule has 2 fully saturated rings. The van der Waals surface area contributed by atoms with Crippen LogP contribution in [-0.2, 0) is 9.53 Å². The molecule has 1 N–H and O–H groups in total. The molecule has 0 aromatic rings. The molecule has 2 aliphatic rings. The van der Waals surface area contributed by atoms with Crippen LogP contribution in [0.2, 0.25) is 0 Å². The van der Waals surface area contributed by atoms with Gasteiger partial charge in [0.2, 0.25) is 0 Å². The van der Waals surface area contributed by atoms with Crippen LogP contribution in [0.4, 0.5) is 0 Å². The molecule has 1 aliphatic heterocycles. The summed E-state index contributed by atoms with van der Waals surface area (Å²) in [6, 6.07) is 0. The number of rotatable bonds is 0. The molecule has 3 nitrogen and oxygen atoms in total. The van der Waals surface area contributed by atoms with Gasteiger partial charge in [0, 0.05) is 5.92 Å². The number of hydrogen-bond acceptors (Lipinski definition) is 3. The van der Waals surface area contributed by atoms with Crippen molar-refractivity contribution in [2.45, 2.75) is 45.8 Å². The molecule has 0 aromatic heterocycles. The first-order chi connectivity index (χ1) is 6.88. The molecule has 3 heteroatoms. The second-order valence-corrected chi connectivity index (χ2v) is 5.46. The lowest BCUT2D eigenvalue weighted by Gasteiger charge is -2.44. The predicted molar refractivity (Wildman–Crippen MR) is 56.1 cm³/mol. The molecule has 1 unspecified atom stereocenters. The van der Waals surface area contributed by atoms with E-state index in [-0.39, 0.29) is 12.0 Å². The van der Waals surface area contributed by atoms with Gasteiger partial charge in [-0.2, -0.15) is 0 Å². The van der Waals surface area contributed by atoms with Crippen LogP contribution in [0.15, 0.2) is 0 Å². The second-order valence-electron chi connectivity index (χ2n) is 5.46. The van der Waals surface area contributed by atoms with Crippen molar-refractivity contribution in [3.8, 4) is 0 Å². The van der Waals surface area contributed by atoms with Crippen LogP contribution in [0.3, 0.4) is 0 Å². The standard InChI is InChI=1S/C12H20O3/c1-6-5-12(14)10(8(3)7(6)2)9(4)15-11(12)13/h6-10,14H,5H2,1-4H3/t6-,7?,8-,9+,10+,12-/m0/s1.